The lowest BCUT2D eigenvalue weighted by Gasteiger charge is -2.28. The molecule has 1 unspecified atom stereocenters. The molecule has 1 atom stereocenters. The zero-order valence-electron chi connectivity index (χ0n) is 14.0. The van der Waals surface area contributed by atoms with Gasteiger partial charge in [-0.2, -0.15) is 0 Å². The molecule has 3 rings (SSSR count). The van der Waals surface area contributed by atoms with Gasteiger partial charge >= 0.3 is 0 Å². The van der Waals surface area contributed by atoms with Crippen LogP contribution in [0.25, 0.3) is 0 Å². The SMILES string of the molecule is O=C(Nc1ccccc1CO)C(O)(c1ccccc1)c1cccc(O)c1. The van der Waals surface area contributed by atoms with E-state index >= 15 is 0 Å². The molecular formula is C21H19NO4. The molecule has 0 aliphatic heterocycles. The summed E-state index contributed by atoms with van der Waals surface area (Å²) in [6.45, 7) is -0.244. The third-order valence-electron chi connectivity index (χ3n) is 4.22. The van der Waals surface area contributed by atoms with Crippen LogP contribution in [0.2, 0.25) is 0 Å². The number of phenolic OH excluding ortho intramolecular Hbond substituents is 1. The van der Waals surface area contributed by atoms with Crippen molar-refractivity contribution in [2.24, 2.45) is 0 Å². The number of anilines is 1. The van der Waals surface area contributed by atoms with Crippen molar-refractivity contribution in [1.29, 1.82) is 0 Å². The first-order chi connectivity index (χ1) is 12.6. The second kappa shape index (κ2) is 7.39. The smallest absolute Gasteiger partial charge is 0.265 e. The van der Waals surface area contributed by atoms with Crippen LogP contribution in [-0.4, -0.2) is 21.2 Å². The molecule has 0 fully saturated rings. The maximum Gasteiger partial charge on any atom is 0.265 e. The molecule has 3 aromatic rings. The minimum Gasteiger partial charge on any atom is -0.508 e. The van der Waals surface area contributed by atoms with Gasteiger partial charge in [-0.25, -0.2) is 0 Å². The van der Waals surface area contributed by atoms with Crippen molar-refractivity contribution >= 4 is 11.6 Å². The normalized spacial score (nSPS) is 13.0. The molecule has 1 amide bonds. The van der Waals surface area contributed by atoms with Crippen LogP contribution in [0.4, 0.5) is 5.69 Å². The highest BCUT2D eigenvalue weighted by atomic mass is 16.3. The third kappa shape index (κ3) is 3.31. The van der Waals surface area contributed by atoms with Crippen LogP contribution >= 0.6 is 0 Å². The van der Waals surface area contributed by atoms with Crippen molar-refractivity contribution in [1.82, 2.24) is 0 Å². The summed E-state index contributed by atoms with van der Waals surface area (Å²) in [5, 5.41) is 33.3. The molecule has 0 bridgehead atoms. The van der Waals surface area contributed by atoms with E-state index in [0.717, 1.165) is 0 Å². The van der Waals surface area contributed by atoms with E-state index in [0.29, 0.717) is 16.8 Å². The Hall–Kier alpha value is -3.15. The minimum absolute atomic E-state index is 0.0552. The van der Waals surface area contributed by atoms with E-state index in [2.05, 4.69) is 5.32 Å². The van der Waals surface area contributed by atoms with Gasteiger partial charge in [-0.15, -0.1) is 0 Å². The van der Waals surface area contributed by atoms with Gasteiger partial charge in [0.15, 0.2) is 5.60 Å². The largest absolute Gasteiger partial charge is 0.508 e. The molecule has 5 heteroatoms. The topological polar surface area (TPSA) is 89.8 Å². The van der Waals surface area contributed by atoms with Crippen LogP contribution in [0, 0.1) is 0 Å². The molecule has 26 heavy (non-hydrogen) atoms. The summed E-state index contributed by atoms with van der Waals surface area (Å²) in [4.78, 5) is 13.1. The predicted octanol–water partition coefficient (Wildman–Crippen LogP) is 2.76. The van der Waals surface area contributed by atoms with Gasteiger partial charge < -0.3 is 20.6 Å². The molecule has 132 valence electrons. The van der Waals surface area contributed by atoms with Gasteiger partial charge in [0.05, 0.1) is 6.61 Å². The van der Waals surface area contributed by atoms with Gasteiger partial charge in [-0.1, -0.05) is 60.7 Å². The molecule has 0 saturated heterocycles. The Morgan fingerprint density at radius 3 is 2.23 bits per heavy atom. The Bertz CT molecular complexity index is 911. The number of aliphatic hydroxyl groups is 2. The summed E-state index contributed by atoms with van der Waals surface area (Å²) in [5.41, 5.74) is -0.461. The molecule has 0 radical (unpaired) electrons. The maximum absolute atomic E-state index is 13.1. The zero-order valence-corrected chi connectivity index (χ0v) is 14.0. The van der Waals surface area contributed by atoms with Crippen molar-refractivity contribution in [2.45, 2.75) is 12.2 Å². The number of carbonyl (C=O) groups excluding carboxylic acids is 1. The number of phenols is 1. The van der Waals surface area contributed by atoms with Gasteiger partial charge in [0, 0.05) is 16.8 Å². The van der Waals surface area contributed by atoms with Crippen LogP contribution in [0.5, 0.6) is 5.75 Å². The molecule has 0 spiro atoms. The van der Waals surface area contributed by atoms with Gasteiger partial charge in [0.2, 0.25) is 0 Å². The fraction of sp³-hybridized carbons (Fsp3) is 0.0952. The number of carbonyl (C=O) groups is 1. The van der Waals surface area contributed by atoms with Crippen molar-refractivity contribution in [2.75, 3.05) is 5.32 Å². The van der Waals surface area contributed by atoms with E-state index < -0.39 is 11.5 Å². The predicted molar refractivity (Wildman–Crippen MR) is 98.5 cm³/mol. The highest BCUT2D eigenvalue weighted by Gasteiger charge is 2.40. The van der Waals surface area contributed by atoms with Crippen LogP contribution in [0.15, 0.2) is 78.9 Å². The van der Waals surface area contributed by atoms with Crippen LogP contribution < -0.4 is 5.32 Å². The summed E-state index contributed by atoms with van der Waals surface area (Å²) in [6, 6.07) is 21.3. The minimum atomic E-state index is -2.01. The summed E-state index contributed by atoms with van der Waals surface area (Å²) in [7, 11) is 0. The van der Waals surface area contributed by atoms with E-state index in [-0.39, 0.29) is 17.9 Å². The van der Waals surface area contributed by atoms with Crippen LogP contribution in [0.3, 0.4) is 0 Å². The lowest BCUT2D eigenvalue weighted by atomic mass is 9.85. The molecule has 5 nitrogen and oxygen atoms in total. The number of hydrogen-bond acceptors (Lipinski definition) is 4. The van der Waals surface area contributed by atoms with Crippen LogP contribution in [-0.2, 0) is 17.0 Å². The monoisotopic (exact) mass is 349 g/mol. The zero-order chi connectivity index (χ0) is 18.6. The first-order valence-corrected chi connectivity index (χ1v) is 8.13. The van der Waals surface area contributed by atoms with Gasteiger partial charge in [-0.05, 0) is 23.8 Å². The molecular weight excluding hydrogens is 330 g/mol. The number of hydrogen-bond donors (Lipinski definition) is 4. The van der Waals surface area contributed by atoms with E-state index in [1.807, 2.05) is 0 Å². The average molecular weight is 349 g/mol. The van der Waals surface area contributed by atoms with Crippen molar-refractivity contribution in [3.63, 3.8) is 0 Å². The van der Waals surface area contributed by atoms with E-state index in [1.54, 1.807) is 66.7 Å². The molecule has 0 aliphatic rings. The second-order valence-corrected chi connectivity index (χ2v) is 5.90. The Morgan fingerprint density at radius 2 is 1.54 bits per heavy atom. The highest BCUT2D eigenvalue weighted by molar-refractivity contribution is 6.00. The fourth-order valence-electron chi connectivity index (χ4n) is 2.83. The third-order valence-corrected chi connectivity index (χ3v) is 4.22. The van der Waals surface area contributed by atoms with Gasteiger partial charge in [-0.3, -0.25) is 4.79 Å². The number of amides is 1. The number of aliphatic hydroxyl groups excluding tert-OH is 1. The summed E-state index contributed by atoms with van der Waals surface area (Å²) in [5.74, 6) is -0.740. The van der Waals surface area contributed by atoms with Crippen molar-refractivity contribution in [3.05, 3.63) is 95.6 Å². The van der Waals surface area contributed by atoms with Gasteiger partial charge in [0.25, 0.3) is 5.91 Å². The Morgan fingerprint density at radius 1 is 0.885 bits per heavy atom. The molecule has 0 saturated carbocycles. The molecule has 0 aliphatic carbocycles. The quantitative estimate of drug-likeness (QED) is 0.570. The molecule has 0 heterocycles. The molecule has 4 N–H and O–H groups in total. The molecule has 0 aromatic heterocycles. The summed E-state index contributed by atoms with van der Waals surface area (Å²) < 4.78 is 0. The van der Waals surface area contributed by atoms with Crippen molar-refractivity contribution < 1.29 is 20.1 Å². The molecule has 3 aromatic carbocycles. The number of benzene rings is 3. The fourth-order valence-corrected chi connectivity index (χ4v) is 2.83. The summed E-state index contributed by atoms with van der Waals surface area (Å²) >= 11 is 0. The Balaban J connectivity index is 2.08. The highest BCUT2D eigenvalue weighted by Crippen LogP contribution is 2.33. The standard InChI is InChI=1S/C21H19NO4/c23-14-15-7-4-5-12-19(15)22-20(25)21(26,16-8-2-1-3-9-16)17-10-6-11-18(24)13-17/h1-13,23-24,26H,14H2,(H,22,25). The number of nitrogens with one attached hydrogen (secondary N) is 1. The second-order valence-electron chi connectivity index (χ2n) is 5.90. The number of rotatable bonds is 5. The first kappa shape index (κ1) is 17.7. The van der Waals surface area contributed by atoms with Gasteiger partial charge in [0.1, 0.15) is 5.75 Å². The Labute approximate surface area is 151 Å². The van der Waals surface area contributed by atoms with Crippen LogP contribution in [0.1, 0.15) is 16.7 Å². The van der Waals surface area contributed by atoms with E-state index in [1.165, 1.54) is 12.1 Å². The van der Waals surface area contributed by atoms with E-state index in [9.17, 15) is 20.1 Å². The number of aromatic hydroxyl groups is 1. The Kier molecular flexibility index (Phi) is 5.02. The van der Waals surface area contributed by atoms with E-state index in [4.69, 9.17) is 0 Å². The maximum atomic E-state index is 13.1. The number of para-hydroxylation sites is 1. The average Bonchev–Trinajstić information content (AvgIpc) is 2.68. The lowest BCUT2D eigenvalue weighted by molar-refractivity contribution is -0.131. The van der Waals surface area contributed by atoms with Crippen molar-refractivity contribution in [3.8, 4) is 5.75 Å². The summed E-state index contributed by atoms with van der Waals surface area (Å²) in [6.07, 6.45) is 0. The lowest BCUT2D eigenvalue weighted by Crippen LogP contribution is -2.41. The first-order valence-electron chi connectivity index (χ1n) is 8.13.